The van der Waals surface area contributed by atoms with Gasteiger partial charge in [0, 0.05) is 12.4 Å². The van der Waals surface area contributed by atoms with Crippen LogP contribution < -0.4 is 4.74 Å². The van der Waals surface area contributed by atoms with E-state index in [2.05, 4.69) is 4.98 Å². The van der Waals surface area contributed by atoms with Crippen LogP contribution in [0.3, 0.4) is 0 Å². The molecule has 0 bridgehead atoms. The summed E-state index contributed by atoms with van der Waals surface area (Å²) in [4.78, 5) is 15.5. The minimum Gasteiger partial charge on any atom is -0.483 e. The third-order valence-corrected chi connectivity index (χ3v) is 2.49. The lowest BCUT2D eigenvalue weighted by molar-refractivity contribution is 0.0837. The van der Waals surface area contributed by atoms with E-state index in [1.54, 1.807) is 12.4 Å². The number of nitrogens with zero attached hydrogens (tertiary/aromatic N) is 2. The summed E-state index contributed by atoms with van der Waals surface area (Å²) in [7, 11) is 0. The minimum atomic E-state index is -0.136. The second-order valence-corrected chi connectivity index (χ2v) is 3.92. The standard InChI is InChI=1S/C13H14N2O2/c1-10-3-4-11(2)12(7-10)17-8-13(16)15-6-5-14-9-15/h3-7,9H,8H2,1-2H3. The van der Waals surface area contributed by atoms with Crippen molar-refractivity contribution in [3.63, 3.8) is 0 Å². The zero-order valence-electron chi connectivity index (χ0n) is 9.88. The van der Waals surface area contributed by atoms with Crippen LogP contribution in [0.4, 0.5) is 0 Å². The van der Waals surface area contributed by atoms with Gasteiger partial charge in [0.25, 0.3) is 5.91 Å². The van der Waals surface area contributed by atoms with Gasteiger partial charge in [0.15, 0.2) is 6.61 Å². The quantitative estimate of drug-likeness (QED) is 0.812. The molecule has 88 valence electrons. The predicted octanol–water partition coefficient (Wildman–Crippen LogP) is 2.22. The number of ether oxygens (including phenoxy) is 1. The summed E-state index contributed by atoms with van der Waals surface area (Å²) in [5, 5.41) is 0. The fraction of sp³-hybridized carbons (Fsp3) is 0.231. The van der Waals surface area contributed by atoms with Gasteiger partial charge >= 0.3 is 0 Å². The van der Waals surface area contributed by atoms with Crippen LogP contribution in [-0.2, 0) is 0 Å². The van der Waals surface area contributed by atoms with Crippen molar-refractivity contribution in [3.8, 4) is 5.75 Å². The average Bonchev–Trinajstić information content (AvgIpc) is 2.83. The second kappa shape index (κ2) is 4.82. The number of carbonyl (C=O) groups is 1. The van der Waals surface area contributed by atoms with E-state index < -0.39 is 0 Å². The van der Waals surface area contributed by atoms with Gasteiger partial charge in [-0.15, -0.1) is 0 Å². The lowest BCUT2D eigenvalue weighted by Crippen LogP contribution is -2.18. The monoisotopic (exact) mass is 230 g/mol. The van der Waals surface area contributed by atoms with Crippen molar-refractivity contribution < 1.29 is 9.53 Å². The largest absolute Gasteiger partial charge is 0.483 e. The van der Waals surface area contributed by atoms with Crippen LogP contribution in [0.25, 0.3) is 0 Å². The normalized spacial score (nSPS) is 10.2. The topological polar surface area (TPSA) is 44.1 Å². The van der Waals surface area contributed by atoms with Crippen LogP contribution in [0.5, 0.6) is 5.75 Å². The maximum absolute atomic E-state index is 11.7. The number of rotatable bonds is 3. The number of aryl methyl sites for hydroxylation is 2. The lowest BCUT2D eigenvalue weighted by atomic mass is 10.1. The molecule has 2 rings (SSSR count). The van der Waals surface area contributed by atoms with Gasteiger partial charge in [-0.05, 0) is 31.0 Å². The Morgan fingerprint density at radius 1 is 1.41 bits per heavy atom. The molecular weight excluding hydrogens is 216 g/mol. The summed E-state index contributed by atoms with van der Waals surface area (Å²) in [6, 6.07) is 5.92. The van der Waals surface area contributed by atoms with Gasteiger partial charge < -0.3 is 4.74 Å². The minimum absolute atomic E-state index is 0.0145. The van der Waals surface area contributed by atoms with Gasteiger partial charge in [0.2, 0.25) is 0 Å². The Labute approximate surface area is 99.9 Å². The molecule has 0 fully saturated rings. The molecule has 0 unspecified atom stereocenters. The van der Waals surface area contributed by atoms with Crippen molar-refractivity contribution in [3.05, 3.63) is 48.0 Å². The fourth-order valence-corrected chi connectivity index (χ4v) is 1.48. The zero-order valence-corrected chi connectivity index (χ0v) is 9.88. The number of aromatic nitrogens is 2. The van der Waals surface area contributed by atoms with Gasteiger partial charge in [0.05, 0.1) is 0 Å². The summed E-state index contributed by atoms with van der Waals surface area (Å²) >= 11 is 0. The van der Waals surface area contributed by atoms with Crippen LogP contribution in [0.15, 0.2) is 36.9 Å². The van der Waals surface area contributed by atoms with Crippen LogP contribution >= 0.6 is 0 Å². The van der Waals surface area contributed by atoms with Gasteiger partial charge in [-0.25, -0.2) is 4.98 Å². The van der Waals surface area contributed by atoms with E-state index in [-0.39, 0.29) is 12.5 Å². The highest BCUT2D eigenvalue weighted by atomic mass is 16.5. The Balaban J connectivity index is 2.03. The SMILES string of the molecule is Cc1ccc(C)c(OCC(=O)n2ccnc2)c1. The van der Waals surface area contributed by atoms with Crippen LogP contribution in [0.2, 0.25) is 0 Å². The lowest BCUT2D eigenvalue weighted by Gasteiger charge is -2.09. The first kappa shape index (κ1) is 11.4. The second-order valence-electron chi connectivity index (χ2n) is 3.92. The van der Waals surface area contributed by atoms with Crippen molar-refractivity contribution in [1.82, 2.24) is 9.55 Å². The van der Waals surface area contributed by atoms with E-state index in [9.17, 15) is 4.79 Å². The summed E-state index contributed by atoms with van der Waals surface area (Å²) < 4.78 is 6.91. The molecule has 0 aliphatic carbocycles. The Hall–Kier alpha value is -2.10. The number of hydrogen-bond donors (Lipinski definition) is 0. The number of imidazole rings is 1. The molecule has 17 heavy (non-hydrogen) atoms. The highest BCUT2D eigenvalue weighted by Gasteiger charge is 2.06. The maximum Gasteiger partial charge on any atom is 0.269 e. The van der Waals surface area contributed by atoms with Gasteiger partial charge in [0.1, 0.15) is 12.1 Å². The molecule has 4 heteroatoms. The van der Waals surface area contributed by atoms with Crippen molar-refractivity contribution in [2.75, 3.05) is 6.61 Å². The molecule has 0 saturated heterocycles. The first-order valence-corrected chi connectivity index (χ1v) is 5.38. The molecule has 0 saturated carbocycles. The summed E-state index contributed by atoms with van der Waals surface area (Å²) in [6.45, 7) is 3.96. The molecule has 1 aromatic heterocycles. The summed E-state index contributed by atoms with van der Waals surface area (Å²) in [5.41, 5.74) is 2.13. The molecule has 1 aromatic carbocycles. The molecule has 1 heterocycles. The van der Waals surface area contributed by atoms with Gasteiger partial charge in [-0.3, -0.25) is 9.36 Å². The van der Waals surface area contributed by atoms with Gasteiger partial charge in [-0.1, -0.05) is 12.1 Å². The van der Waals surface area contributed by atoms with E-state index in [1.165, 1.54) is 10.9 Å². The smallest absolute Gasteiger partial charge is 0.269 e. The highest BCUT2D eigenvalue weighted by Crippen LogP contribution is 2.18. The summed E-state index contributed by atoms with van der Waals surface area (Å²) in [6.07, 6.45) is 4.64. The van der Waals surface area contributed by atoms with Crippen molar-refractivity contribution in [1.29, 1.82) is 0 Å². The van der Waals surface area contributed by atoms with E-state index in [4.69, 9.17) is 4.74 Å². The third kappa shape index (κ3) is 2.72. The molecule has 2 aromatic rings. The van der Waals surface area contributed by atoms with E-state index >= 15 is 0 Å². The maximum atomic E-state index is 11.7. The number of carbonyl (C=O) groups excluding carboxylic acids is 1. The van der Waals surface area contributed by atoms with Crippen LogP contribution in [-0.4, -0.2) is 22.1 Å². The average molecular weight is 230 g/mol. The molecule has 0 radical (unpaired) electrons. The molecular formula is C13H14N2O2. The first-order valence-electron chi connectivity index (χ1n) is 5.38. The molecule has 0 N–H and O–H groups in total. The molecule has 0 amide bonds. The summed E-state index contributed by atoms with van der Waals surface area (Å²) in [5.74, 6) is 0.613. The first-order chi connectivity index (χ1) is 8.16. The number of hydrogen-bond acceptors (Lipinski definition) is 3. The predicted molar refractivity (Wildman–Crippen MR) is 64.3 cm³/mol. The zero-order chi connectivity index (χ0) is 12.3. The molecule has 0 atom stereocenters. The Bertz CT molecular complexity index is 518. The van der Waals surface area contributed by atoms with Crippen molar-refractivity contribution in [2.45, 2.75) is 13.8 Å². The van der Waals surface area contributed by atoms with Crippen LogP contribution in [0, 0.1) is 13.8 Å². The number of benzene rings is 1. The van der Waals surface area contributed by atoms with E-state index in [1.807, 2.05) is 32.0 Å². The molecule has 0 aliphatic rings. The van der Waals surface area contributed by atoms with Crippen molar-refractivity contribution in [2.24, 2.45) is 0 Å². The van der Waals surface area contributed by atoms with Crippen molar-refractivity contribution >= 4 is 5.91 Å². The fourth-order valence-electron chi connectivity index (χ4n) is 1.48. The Morgan fingerprint density at radius 3 is 2.94 bits per heavy atom. The highest BCUT2D eigenvalue weighted by molar-refractivity contribution is 5.80. The van der Waals surface area contributed by atoms with E-state index in [0.29, 0.717) is 0 Å². The van der Waals surface area contributed by atoms with Crippen LogP contribution in [0.1, 0.15) is 15.9 Å². The van der Waals surface area contributed by atoms with E-state index in [0.717, 1.165) is 16.9 Å². The third-order valence-electron chi connectivity index (χ3n) is 2.49. The Kier molecular flexibility index (Phi) is 3.23. The van der Waals surface area contributed by atoms with Gasteiger partial charge in [-0.2, -0.15) is 0 Å². The Morgan fingerprint density at radius 2 is 2.24 bits per heavy atom. The molecule has 4 nitrogen and oxygen atoms in total. The molecule has 0 spiro atoms. The molecule has 0 aliphatic heterocycles.